The van der Waals surface area contributed by atoms with Crippen LogP contribution < -0.4 is 10.1 Å². The molecule has 3 nitrogen and oxygen atoms in total. The van der Waals surface area contributed by atoms with Gasteiger partial charge in [-0.2, -0.15) is 0 Å². The zero-order valence-electron chi connectivity index (χ0n) is 20.3. The summed E-state index contributed by atoms with van der Waals surface area (Å²) in [5, 5.41) is 3.00. The summed E-state index contributed by atoms with van der Waals surface area (Å²) in [5.74, 6) is 0.619. The smallest absolute Gasteiger partial charge is 0.263 e. The fraction of sp³-hybridized carbons (Fsp3) is 0.464. The van der Waals surface area contributed by atoms with Crippen LogP contribution in [0.3, 0.4) is 0 Å². The highest BCUT2D eigenvalue weighted by molar-refractivity contribution is 6.04. The lowest BCUT2D eigenvalue weighted by atomic mass is 9.83. The first-order valence-electron chi connectivity index (χ1n) is 12.0. The molecule has 5 heteroatoms. The summed E-state index contributed by atoms with van der Waals surface area (Å²) in [5.41, 5.74) is 4.16. The second-order valence-electron chi connectivity index (χ2n) is 9.15. The number of halogens is 2. The summed E-state index contributed by atoms with van der Waals surface area (Å²) in [6, 6.07) is 10.5. The highest BCUT2D eigenvalue weighted by Crippen LogP contribution is 2.44. The summed E-state index contributed by atoms with van der Waals surface area (Å²) in [4.78, 5) is 13.0. The van der Waals surface area contributed by atoms with E-state index in [1.165, 1.54) is 23.3 Å². The Morgan fingerprint density at radius 3 is 2.52 bits per heavy atom. The number of ether oxygens (including phenoxy) is 1. The first-order chi connectivity index (χ1) is 15.7. The summed E-state index contributed by atoms with van der Waals surface area (Å²) >= 11 is 0. The molecule has 1 heterocycles. The second-order valence-corrected chi connectivity index (χ2v) is 9.15. The molecule has 0 unspecified atom stereocenters. The Bertz CT molecular complexity index is 1020. The van der Waals surface area contributed by atoms with Gasteiger partial charge in [-0.3, -0.25) is 4.79 Å². The third kappa shape index (κ3) is 5.63. The molecule has 1 aliphatic rings. The van der Waals surface area contributed by atoms with E-state index < -0.39 is 12.0 Å². The third-order valence-corrected chi connectivity index (χ3v) is 6.84. The lowest BCUT2D eigenvalue weighted by Crippen LogP contribution is -2.38. The van der Waals surface area contributed by atoms with Crippen LogP contribution in [-0.4, -0.2) is 11.5 Å². The maximum atomic E-state index is 13.3. The average molecular weight is 456 g/mol. The van der Waals surface area contributed by atoms with Gasteiger partial charge in [0.15, 0.2) is 0 Å². The number of amides is 1. The van der Waals surface area contributed by atoms with Crippen molar-refractivity contribution in [2.24, 2.45) is 0 Å². The summed E-state index contributed by atoms with van der Waals surface area (Å²) in [7, 11) is 0. The maximum Gasteiger partial charge on any atom is 0.263 e. The Kier molecular flexibility index (Phi) is 7.93. The van der Waals surface area contributed by atoms with Crippen molar-refractivity contribution in [1.82, 2.24) is 0 Å². The Hall–Kier alpha value is -2.69. The van der Waals surface area contributed by atoms with Crippen molar-refractivity contribution in [3.05, 3.63) is 64.7 Å². The van der Waals surface area contributed by atoms with Gasteiger partial charge in [-0.05, 0) is 67.0 Å². The molecular weight excluding hydrogens is 420 g/mol. The minimum atomic E-state index is -2.57. The number of rotatable bonds is 8. The van der Waals surface area contributed by atoms with Gasteiger partial charge in [0.1, 0.15) is 11.4 Å². The van der Waals surface area contributed by atoms with E-state index in [2.05, 4.69) is 32.2 Å². The zero-order chi connectivity index (χ0) is 24.2. The molecule has 3 rings (SSSR count). The molecule has 178 valence electrons. The molecule has 0 fully saturated rings. The fourth-order valence-corrected chi connectivity index (χ4v) is 4.68. The first-order valence-corrected chi connectivity index (χ1v) is 12.0. The highest BCUT2D eigenvalue weighted by atomic mass is 19.3. The van der Waals surface area contributed by atoms with Crippen molar-refractivity contribution >= 4 is 17.2 Å². The predicted octanol–water partition coefficient (Wildman–Crippen LogP) is 8.20. The van der Waals surface area contributed by atoms with Crippen molar-refractivity contribution in [2.45, 2.75) is 84.7 Å². The topological polar surface area (TPSA) is 38.3 Å². The molecule has 2 aromatic rings. The minimum Gasteiger partial charge on any atom is -0.486 e. The number of fused-ring (bicyclic) bond motifs is 1. The van der Waals surface area contributed by atoms with Gasteiger partial charge >= 0.3 is 0 Å². The van der Waals surface area contributed by atoms with Crippen LogP contribution in [0.15, 0.2) is 42.5 Å². The molecule has 0 bridgehead atoms. The van der Waals surface area contributed by atoms with Gasteiger partial charge in [0.25, 0.3) is 6.43 Å². The van der Waals surface area contributed by atoms with Crippen LogP contribution in [0, 0.1) is 6.92 Å². The molecule has 1 atom stereocenters. The number of nitrogens with one attached hydrogen (secondary N) is 1. The van der Waals surface area contributed by atoms with E-state index >= 15 is 0 Å². The highest BCUT2D eigenvalue weighted by Gasteiger charge is 2.36. The van der Waals surface area contributed by atoms with Crippen molar-refractivity contribution in [3.63, 3.8) is 0 Å². The monoisotopic (exact) mass is 455 g/mol. The predicted molar refractivity (Wildman–Crippen MR) is 131 cm³/mol. The van der Waals surface area contributed by atoms with Crippen molar-refractivity contribution in [1.29, 1.82) is 0 Å². The van der Waals surface area contributed by atoms with Crippen LogP contribution in [0.25, 0.3) is 5.57 Å². The summed E-state index contributed by atoms with van der Waals surface area (Å²) in [6.07, 6.45) is 3.22. The quantitative estimate of drug-likeness (QED) is 0.407. The summed E-state index contributed by atoms with van der Waals surface area (Å²) < 4.78 is 32.8. The molecule has 1 N–H and O–H groups in total. The van der Waals surface area contributed by atoms with Gasteiger partial charge in [-0.25, -0.2) is 8.78 Å². The van der Waals surface area contributed by atoms with E-state index in [-0.39, 0.29) is 11.5 Å². The molecule has 1 aliphatic heterocycles. The van der Waals surface area contributed by atoms with Gasteiger partial charge in [0.05, 0.1) is 0 Å². The Balaban J connectivity index is 1.92. The van der Waals surface area contributed by atoms with Gasteiger partial charge in [-0.1, -0.05) is 52.3 Å². The number of aryl methyl sites for hydroxylation is 1. The van der Waals surface area contributed by atoms with Crippen molar-refractivity contribution in [2.75, 3.05) is 5.32 Å². The summed E-state index contributed by atoms with van der Waals surface area (Å²) in [6.45, 7) is 10.5. The molecule has 0 saturated heterocycles. The van der Waals surface area contributed by atoms with Gasteiger partial charge in [0, 0.05) is 29.3 Å². The number of anilines is 1. The molecular formula is C28H35F2NO2. The number of hydrogen-bond acceptors (Lipinski definition) is 2. The number of carbonyl (C=O) groups excluding carboxylic acids is 1. The number of alkyl halides is 2. The number of carbonyl (C=O) groups is 1. The van der Waals surface area contributed by atoms with E-state index in [0.29, 0.717) is 23.7 Å². The molecule has 1 amide bonds. The molecule has 0 spiro atoms. The van der Waals surface area contributed by atoms with Crippen LogP contribution in [0.5, 0.6) is 5.75 Å². The van der Waals surface area contributed by atoms with Crippen LogP contribution in [0.1, 0.15) is 94.4 Å². The lowest BCUT2D eigenvalue weighted by Gasteiger charge is -2.39. The normalized spacial score (nSPS) is 16.9. The minimum absolute atomic E-state index is 0.0751. The molecule has 33 heavy (non-hydrogen) atoms. The van der Waals surface area contributed by atoms with Crippen LogP contribution in [0.4, 0.5) is 14.5 Å². The number of hydrogen-bond donors (Lipinski definition) is 1. The number of benzene rings is 2. The lowest BCUT2D eigenvalue weighted by molar-refractivity contribution is -0.111. The fourth-order valence-electron chi connectivity index (χ4n) is 4.68. The average Bonchev–Trinajstić information content (AvgIpc) is 2.79. The Morgan fingerprint density at radius 2 is 1.88 bits per heavy atom. The molecule has 0 radical (unpaired) electrons. The van der Waals surface area contributed by atoms with Crippen LogP contribution >= 0.6 is 0 Å². The largest absolute Gasteiger partial charge is 0.486 e. The zero-order valence-corrected chi connectivity index (χ0v) is 20.3. The second kappa shape index (κ2) is 10.5. The van der Waals surface area contributed by atoms with Crippen LogP contribution in [0.2, 0.25) is 0 Å². The van der Waals surface area contributed by atoms with Gasteiger partial charge in [0.2, 0.25) is 5.91 Å². The van der Waals surface area contributed by atoms with E-state index in [1.54, 1.807) is 12.1 Å². The van der Waals surface area contributed by atoms with E-state index in [4.69, 9.17) is 4.74 Å². The Labute approximate surface area is 196 Å². The molecule has 2 aromatic carbocycles. The van der Waals surface area contributed by atoms with Crippen LogP contribution in [-0.2, 0) is 4.79 Å². The Morgan fingerprint density at radius 1 is 1.15 bits per heavy atom. The van der Waals surface area contributed by atoms with Gasteiger partial charge in [-0.15, -0.1) is 0 Å². The molecule has 0 aliphatic carbocycles. The van der Waals surface area contributed by atoms with Gasteiger partial charge < -0.3 is 10.1 Å². The standard InChI is InChI=1S/C28H35F2NO2/c1-6-9-18(4)24-16-22(12-10-19(24)5)31-26(32)15-21-17-28(7-2,8-3)33-25-14-20(27(29)30)11-13-23(21)25/h10-16,18,27H,6-9,17H2,1-5H3,(H,31,32)/b21-15+/t18-/m1/s1. The van der Waals surface area contributed by atoms with Crippen molar-refractivity contribution in [3.8, 4) is 5.75 Å². The van der Waals surface area contributed by atoms with E-state index in [0.717, 1.165) is 36.9 Å². The third-order valence-electron chi connectivity index (χ3n) is 6.84. The SMILES string of the molecule is CCC[C@@H](C)c1cc(NC(=O)/C=C2\CC(CC)(CC)Oc3cc(C(F)F)ccc32)ccc1C. The molecule has 0 saturated carbocycles. The maximum absolute atomic E-state index is 13.3. The van der Waals surface area contributed by atoms with Crippen molar-refractivity contribution < 1.29 is 18.3 Å². The first kappa shape index (κ1) is 24.9. The van der Waals surface area contributed by atoms with E-state index in [1.807, 2.05) is 26.0 Å². The molecule has 0 aromatic heterocycles. The van der Waals surface area contributed by atoms with E-state index in [9.17, 15) is 13.6 Å².